The van der Waals surface area contributed by atoms with E-state index >= 15 is 0 Å². The Hall–Kier alpha value is -1.72. The predicted molar refractivity (Wildman–Crippen MR) is 102 cm³/mol. The summed E-state index contributed by atoms with van der Waals surface area (Å²) in [6.07, 6.45) is 3.42. The van der Waals surface area contributed by atoms with Crippen molar-refractivity contribution in [2.75, 3.05) is 6.54 Å². The van der Waals surface area contributed by atoms with Crippen LogP contribution in [0.3, 0.4) is 0 Å². The number of fused-ring (bicyclic) bond motifs is 2. The number of thiazole rings is 1. The third-order valence-electron chi connectivity index (χ3n) is 5.92. The number of hydrogen-bond acceptors (Lipinski definition) is 4. The minimum Gasteiger partial charge on any atom is -0.330 e. The molecule has 4 nitrogen and oxygen atoms in total. The molecule has 132 valence electrons. The maximum Gasteiger partial charge on any atom is 0.274 e. The van der Waals surface area contributed by atoms with Crippen LogP contribution in [0.25, 0.3) is 10.4 Å². The lowest BCUT2D eigenvalue weighted by Crippen LogP contribution is -2.48. The summed E-state index contributed by atoms with van der Waals surface area (Å²) in [6.45, 7) is 6.74. The summed E-state index contributed by atoms with van der Waals surface area (Å²) in [5, 5.41) is 0.935. The van der Waals surface area contributed by atoms with Crippen LogP contribution in [0.1, 0.15) is 45.9 Å². The van der Waals surface area contributed by atoms with Crippen molar-refractivity contribution in [2.24, 2.45) is 11.7 Å². The van der Waals surface area contributed by atoms with E-state index in [1.165, 1.54) is 17.5 Å². The van der Waals surface area contributed by atoms with Crippen LogP contribution in [0.2, 0.25) is 0 Å². The van der Waals surface area contributed by atoms with Crippen LogP contribution >= 0.6 is 11.3 Å². The van der Waals surface area contributed by atoms with Crippen LogP contribution in [0.5, 0.6) is 0 Å². The average molecular weight is 356 g/mol. The molecule has 1 amide bonds. The zero-order valence-corrected chi connectivity index (χ0v) is 15.9. The highest BCUT2D eigenvalue weighted by Gasteiger charge is 2.48. The highest BCUT2D eigenvalue weighted by Crippen LogP contribution is 2.43. The van der Waals surface area contributed by atoms with Gasteiger partial charge in [0.1, 0.15) is 5.69 Å². The van der Waals surface area contributed by atoms with E-state index in [0.29, 0.717) is 24.2 Å². The van der Waals surface area contributed by atoms with Crippen LogP contribution in [-0.2, 0) is 0 Å². The highest BCUT2D eigenvalue weighted by molar-refractivity contribution is 7.15. The largest absolute Gasteiger partial charge is 0.330 e. The summed E-state index contributed by atoms with van der Waals surface area (Å²) in [7, 11) is 0. The van der Waals surface area contributed by atoms with Gasteiger partial charge in [-0.05, 0) is 62.6 Å². The molecule has 2 aliphatic rings. The number of benzene rings is 1. The Morgan fingerprint density at radius 2 is 2.08 bits per heavy atom. The number of amides is 1. The Morgan fingerprint density at radius 1 is 1.28 bits per heavy atom. The van der Waals surface area contributed by atoms with E-state index in [1.54, 1.807) is 11.3 Å². The number of piperidine rings is 1. The van der Waals surface area contributed by atoms with E-state index in [2.05, 4.69) is 37.0 Å². The number of rotatable bonds is 3. The molecule has 0 spiro atoms. The molecular formula is C20H25N3OS. The lowest BCUT2D eigenvalue weighted by molar-refractivity contribution is 0.0597. The maximum absolute atomic E-state index is 13.4. The van der Waals surface area contributed by atoms with Gasteiger partial charge in [-0.1, -0.05) is 18.2 Å². The number of aromatic nitrogens is 1. The minimum absolute atomic E-state index is 0.0697. The lowest BCUT2D eigenvalue weighted by atomic mass is 9.98. The van der Waals surface area contributed by atoms with Crippen LogP contribution in [0.4, 0.5) is 0 Å². The molecule has 2 aromatic rings. The molecule has 2 fully saturated rings. The van der Waals surface area contributed by atoms with Gasteiger partial charge in [0.2, 0.25) is 0 Å². The number of nitrogens with two attached hydrogens (primary N) is 1. The van der Waals surface area contributed by atoms with Crippen molar-refractivity contribution in [3.63, 3.8) is 0 Å². The fourth-order valence-corrected chi connectivity index (χ4v) is 5.39. The van der Waals surface area contributed by atoms with Crippen LogP contribution in [-0.4, -0.2) is 34.4 Å². The Bertz CT molecular complexity index is 828. The van der Waals surface area contributed by atoms with Crippen molar-refractivity contribution in [2.45, 2.75) is 52.1 Å². The monoisotopic (exact) mass is 355 g/mol. The Labute approximate surface area is 153 Å². The van der Waals surface area contributed by atoms with Crippen molar-refractivity contribution < 1.29 is 4.79 Å². The van der Waals surface area contributed by atoms with Crippen LogP contribution in [0, 0.1) is 26.7 Å². The van der Waals surface area contributed by atoms with Gasteiger partial charge in [-0.15, -0.1) is 11.3 Å². The number of aryl methyl sites for hydroxylation is 3. The van der Waals surface area contributed by atoms with Crippen molar-refractivity contribution in [3.8, 4) is 10.4 Å². The summed E-state index contributed by atoms with van der Waals surface area (Å²) >= 11 is 1.61. The first kappa shape index (κ1) is 16.7. The minimum atomic E-state index is 0.0697. The Morgan fingerprint density at radius 3 is 2.80 bits per heavy atom. The first-order valence-corrected chi connectivity index (χ1v) is 9.89. The number of carbonyl (C=O) groups is 1. The third kappa shape index (κ3) is 2.70. The second-order valence-electron chi connectivity index (χ2n) is 7.45. The molecule has 4 rings (SSSR count). The van der Waals surface area contributed by atoms with Gasteiger partial charge in [-0.25, -0.2) is 4.98 Å². The molecule has 1 saturated carbocycles. The Balaban J connectivity index is 1.73. The van der Waals surface area contributed by atoms with E-state index in [0.717, 1.165) is 28.3 Å². The number of carbonyl (C=O) groups excluding carboxylic acids is 1. The van der Waals surface area contributed by atoms with Crippen molar-refractivity contribution in [1.29, 1.82) is 0 Å². The molecule has 5 heteroatoms. The van der Waals surface area contributed by atoms with Gasteiger partial charge in [0.15, 0.2) is 0 Å². The standard InChI is InChI=1S/C20H25N3OS/c1-11-4-5-15(8-12(11)2)19-18(22-13(3)25-19)20(24)23-16-7-6-14(9-16)17(23)10-21/h4-5,8,14,16-17H,6-7,9-10,21H2,1-3H3/t14-,16+,17+/m0/s1. The molecule has 0 unspecified atom stereocenters. The SMILES string of the molecule is Cc1nc(C(=O)N2[C@@H]3CC[C@@H](C3)[C@H]2CN)c(-c2ccc(C)c(C)c2)s1. The van der Waals surface area contributed by atoms with Crippen molar-refractivity contribution in [3.05, 3.63) is 40.0 Å². The summed E-state index contributed by atoms with van der Waals surface area (Å²) in [5.74, 6) is 0.643. The molecule has 0 radical (unpaired) electrons. The maximum atomic E-state index is 13.4. The molecule has 3 atom stereocenters. The van der Waals surface area contributed by atoms with E-state index in [4.69, 9.17) is 5.73 Å². The zero-order valence-electron chi connectivity index (χ0n) is 15.1. The summed E-state index contributed by atoms with van der Waals surface area (Å²) in [5.41, 5.74) is 10.2. The molecule has 2 N–H and O–H groups in total. The fourth-order valence-electron chi connectivity index (χ4n) is 4.49. The second-order valence-corrected chi connectivity index (χ2v) is 8.66. The number of nitrogens with zero attached hydrogens (tertiary/aromatic N) is 2. The highest BCUT2D eigenvalue weighted by atomic mass is 32.1. The molecule has 1 aliphatic carbocycles. The van der Waals surface area contributed by atoms with Crippen molar-refractivity contribution >= 4 is 17.2 Å². The predicted octanol–water partition coefficient (Wildman–Crippen LogP) is 3.69. The summed E-state index contributed by atoms with van der Waals surface area (Å²) in [6, 6.07) is 6.91. The topological polar surface area (TPSA) is 59.2 Å². The van der Waals surface area contributed by atoms with Gasteiger partial charge in [-0.2, -0.15) is 0 Å². The second kappa shape index (κ2) is 6.22. The molecule has 25 heavy (non-hydrogen) atoms. The van der Waals surface area contributed by atoms with E-state index in [9.17, 15) is 4.79 Å². The third-order valence-corrected chi connectivity index (χ3v) is 6.94. The smallest absolute Gasteiger partial charge is 0.274 e. The van der Waals surface area contributed by atoms with Crippen LogP contribution in [0.15, 0.2) is 18.2 Å². The van der Waals surface area contributed by atoms with Gasteiger partial charge < -0.3 is 10.6 Å². The molecule has 1 aromatic carbocycles. The Kier molecular flexibility index (Phi) is 4.16. The summed E-state index contributed by atoms with van der Waals surface area (Å²) in [4.78, 5) is 21.0. The molecule has 1 aromatic heterocycles. The first-order valence-electron chi connectivity index (χ1n) is 9.07. The molecule has 1 saturated heterocycles. The molecule has 1 aliphatic heterocycles. The summed E-state index contributed by atoms with van der Waals surface area (Å²) < 4.78 is 0. The zero-order chi connectivity index (χ0) is 17.7. The molecular weight excluding hydrogens is 330 g/mol. The van der Waals surface area contributed by atoms with E-state index in [1.807, 2.05) is 11.8 Å². The van der Waals surface area contributed by atoms with E-state index < -0.39 is 0 Å². The molecule has 2 bridgehead atoms. The number of likely N-dealkylation sites (tertiary alicyclic amines) is 1. The van der Waals surface area contributed by atoms with Gasteiger partial charge in [0.05, 0.1) is 9.88 Å². The normalized spacial score (nSPS) is 25.0. The first-order chi connectivity index (χ1) is 12.0. The molecule has 2 heterocycles. The average Bonchev–Trinajstić information content (AvgIpc) is 3.30. The van der Waals surface area contributed by atoms with Gasteiger partial charge in [-0.3, -0.25) is 4.79 Å². The van der Waals surface area contributed by atoms with Crippen molar-refractivity contribution in [1.82, 2.24) is 9.88 Å². The van der Waals surface area contributed by atoms with Crippen LogP contribution < -0.4 is 5.73 Å². The van der Waals surface area contributed by atoms with E-state index in [-0.39, 0.29) is 11.9 Å². The number of hydrogen-bond donors (Lipinski definition) is 1. The lowest BCUT2D eigenvalue weighted by Gasteiger charge is -2.34. The fraction of sp³-hybridized carbons (Fsp3) is 0.500. The quantitative estimate of drug-likeness (QED) is 0.913. The van der Waals surface area contributed by atoms with Gasteiger partial charge in [0.25, 0.3) is 5.91 Å². The van der Waals surface area contributed by atoms with Gasteiger partial charge in [0, 0.05) is 18.6 Å². The van der Waals surface area contributed by atoms with Gasteiger partial charge >= 0.3 is 0 Å².